The van der Waals surface area contributed by atoms with E-state index in [0.29, 0.717) is 47.8 Å². The van der Waals surface area contributed by atoms with Crippen molar-refractivity contribution in [2.75, 3.05) is 36.2 Å². The van der Waals surface area contributed by atoms with Crippen molar-refractivity contribution in [1.82, 2.24) is 25.1 Å². The maximum absolute atomic E-state index is 14.9. The second-order valence-electron chi connectivity index (χ2n) is 14.5. The molecule has 6 rings (SSSR count). The summed E-state index contributed by atoms with van der Waals surface area (Å²) in [6, 6.07) is 15.6. The van der Waals surface area contributed by atoms with E-state index in [4.69, 9.17) is 11.2 Å². The first-order valence-electron chi connectivity index (χ1n) is 18.4. The zero-order chi connectivity index (χ0) is 38.3. The van der Waals surface area contributed by atoms with Crippen LogP contribution < -0.4 is 5.32 Å². The van der Waals surface area contributed by atoms with Crippen LogP contribution in [0.2, 0.25) is 0 Å². The number of ketones is 1. The topological polar surface area (TPSA) is 113 Å². The highest BCUT2D eigenvalue weighted by atomic mass is 127. The van der Waals surface area contributed by atoms with E-state index in [1.807, 2.05) is 49.1 Å². The molecule has 280 valence electrons. The van der Waals surface area contributed by atoms with Gasteiger partial charge in [-0.05, 0) is 72.7 Å². The van der Waals surface area contributed by atoms with Gasteiger partial charge in [-0.1, -0.05) is 91.8 Å². The zero-order valence-corrected chi connectivity index (χ0v) is 33.1. The van der Waals surface area contributed by atoms with Gasteiger partial charge in [-0.3, -0.25) is 19.6 Å². The summed E-state index contributed by atoms with van der Waals surface area (Å²) >= 11 is 2.10. The van der Waals surface area contributed by atoms with Gasteiger partial charge >= 0.3 is 0 Å². The number of nitrogens with one attached hydrogen (secondary N) is 2. The van der Waals surface area contributed by atoms with Crippen molar-refractivity contribution in [3.8, 4) is 23.7 Å². The first-order chi connectivity index (χ1) is 26.1. The number of aromatic nitrogens is 4. The number of carbonyl (C=O) groups excluding carboxylic acids is 2. The lowest BCUT2D eigenvalue weighted by Crippen LogP contribution is -2.39. The van der Waals surface area contributed by atoms with E-state index in [2.05, 4.69) is 79.1 Å². The normalized spacial score (nSPS) is 22.2. The molecule has 1 saturated heterocycles. The monoisotopic (exact) mass is 840 g/mol. The van der Waals surface area contributed by atoms with Crippen molar-refractivity contribution in [3.63, 3.8) is 0 Å². The van der Waals surface area contributed by atoms with E-state index >= 15 is 0 Å². The number of halogens is 2. The maximum atomic E-state index is 14.9. The minimum atomic E-state index is -1.18. The Balaban J connectivity index is 1.06. The molecule has 0 radical (unpaired) electrons. The smallest absolute Gasteiger partial charge is 0.244 e. The van der Waals surface area contributed by atoms with Gasteiger partial charge in [0.2, 0.25) is 5.91 Å². The molecule has 2 aromatic carbocycles. The molecule has 4 unspecified atom stereocenters. The maximum Gasteiger partial charge on any atom is 0.244 e. The molecule has 2 aliphatic rings. The summed E-state index contributed by atoms with van der Waals surface area (Å²) in [6.07, 6.45) is 18.5. The third kappa shape index (κ3) is 8.72. The summed E-state index contributed by atoms with van der Waals surface area (Å²) in [6.45, 7) is 7.25. The molecule has 11 heteroatoms. The second kappa shape index (κ2) is 17.3. The number of likely N-dealkylation sites (tertiary alicyclic amines) is 1. The summed E-state index contributed by atoms with van der Waals surface area (Å²) in [5.41, 5.74) is 4.18. The largest absolute Gasteiger partial charge is 0.370 e. The van der Waals surface area contributed by atoms with Crippen LogP contribution in [0.3, 0.4) is 0 Å². The summed E-state index contributed by atoms with van der Waals surface area (Å²) in [5, 5.41) is 11.4. The van der Waals surface area contributed by atoms with Crippen LogP contribution in [0.5, 0.6) is 0 Å². The average molecular weight is 841 g/mol. The lowest BCUT2D eigenvalue weighted by atomic mass is 9.79. The van der Waals surface area contributed by atoms with Gasteiger partial charge in [0.25, 0.3) is 0 Å². The van der Waals surface area contributed by atoms with Gasteiger partial charge in [0.1, 0.15) is 17.4 Å². The predicted molar refractivity (Wildman–Crippen MR) is 221 cm³/mol. The average Bonchev–Trinajstić information content (AvgIpc) is 3.82. The number of Topliss-reactive ketones (excluding diaryl/α,β-unsaturated/α-hetero) is 1. The van der Waals surface area contributed by atoms with Crippen molar-refractivity contribution in [2.45, 2.75) is 52.6 Å². The molecule has 54 heavy (non-hydrogen) atoms. The van der Waals surface area contributed by atoms with Crippen LogP contribution >= 0.6 is 22.6 Å². The highest BCUT2D eigenvalue weighted by Gasteiger charge is 2.44. The van der Waals surface area contributed by atoms with Crippen LogP contribution in [0.15, 0.2) is 85.2 Å². The van der Waals surface area contributed by atoms with Gasteiger partial charge in [0, 0.05) is 53.5 Å². The lowest BCUT2D eigenvalue weighted by molar-refractivity contribution is -0.125. The fourth-order valence-corrected chi connectivity index (χ4v) is 7.39. The van der Waals surface area contributed by atoms with Crippen molar-refractivity contribution >= 4 is 62.0 Å². The molecular formula is C43H46FIN6O3. The molecule has 0 spiro atoms. The number of rotatable bonds is 15. The Kier molecular flexibility index (Phi) is 12.6. The van der Waals surface area contributed by atoms with Gasteiger partial charge in [-0.25, -0.2) is 14.4 Å². The molecule has 1 aliphatic carbocycles. The van der Waals surface area contributed by atoms with E-state index in [-0.39, 0.29) is 30.8 Å². The third-order valence-electron chi connectivity index (χ3n) is 10.5. The molecule has 0 saturated carbocycles. The summed E-state index contributed by atoms with van der Waals surface area (Å²) < 4.78 is 21.0. The fourth-order valence-electron chi connectivity index (χ4n) is 7.17. The molecule has 2 N–H and O–H groups in total. The van der Waals surface area contributed by atoms with E-state index in [0.717, 1.165) is 40.4 Å². The molecule has 1 amide bonds. The van der Waals surface area contributed by atoms with E-state index < -0.39 is 17.0 Å². The number of fused-ring (bicyclic) bond motifs is 1. The van der Waals surface area contributed by atoms with E-state index in [9.17, 15) is 14.0 Å². The second-order valence-corrected chi connectivity index (χ2v) is 15.1. The number of allylic oxidation sites excluding steroid dienone is 5. The molecule has 4 aromatic rings. The number of terminal acetylenes is 1. The number of H-pyrrole nitrogens is 1. The van der Waals surface area contributed by atoms with Gasteiger partial charge in [-0.2, -0.15) is 5.10 Å². The predicted octanol–water partition coefficient (Wildman–Crippen LogP) is 8.47. The van der Waals surface area contributed by atoms with Crippen LogP contribution in [0.1, 0.15) is 57.7 Å². The van der Waals surface area contributed by atoms with Gasteiger partial charge in [0.05, 0.1) is 29.0 Å². The molecule has 1 aliphatic heterocycles. The quantitative estimate of drug-likeness (QED) is 0.0702. The third-order valence-corrected chi connectivity index (χ3v) is 10.9. The highest BCUT2D eigenvalue weighted by Crippen LogP contribution is 2.38. The zero-order valence-electron chi connectivity index (χ0n) is 30.9. The van der Waals surface area contributed by atoms with Crippen LogP contribution in [0.4, 0.5) is 10.1 Å². The summed E-state index contributed by atoms with van der Waals surface area (Å²) in [7, 11) is 0. The molecule has 2 aromatic heterocycles. The summed E-state index contributed by atoms with van der Waals surface area (Å²) in [4.78, 5) is 38.0. The number of ether oxygens (including phenoxy) is 1. The Hall–Kier alpha value is -4.51. The molecular weight excluding hydrogens is 794 g/mol. The Labute approximate surface area is 330 Å². The first kappa shape index (κ1) is 39.2. The van der Waals surface area contributed by atoms with Crippen LogP contribution in [0, 0.1) is 29.1 Å². The van der Waals surface area contributed by atoms with Crippen molar-refractivity contribution < 1.29 is 18.7 Å². The molecule has 1 fully saturated rings. The number of hydrogen-bond acceptors (Lipinski definition) is 7. The SMILES string of the molecule is C#CC1(C(=O)Nc2ccc3[nH]nc(C4=CC(C)(COCI)C(F)C=C4)c3c2)CCN(CC(=O)C(C)CC/C(=C\CC)c2ccc(-c3ncccn3)cc2)C1. The first-order valence-corrected chi connectivity index (χ1v) is 19.9. The highest BCUT2D eigenvalue weighted by molar-refractivity contribution is 14.1. The molecule has 9 nitrogen and oxygen atoms in total. The number of benzene rings is 2. The van der Waals surface area contributed by atoms with Crippen molar-refractivity contribution in [2.24, 2.45) is 16.7 Å². The Bertz CT molecular complexity index is 2110. The number of amides is 1. The Morgan fingerprint density at radius 1 is 1.22 bits per heavy atom. The summed E-state index contributed by atoms with van der Waals surface area (Å²) in [5.74, 6) is 3.16. The van der Waals surface area contributed by atoms with Crippen molar-refractivity contribution in [1.29, 1.82) is 0 Å². The standard InChI is InChI=1S/C43H46FIN6O3/c1-5-8-30(31-11-13-32(14-12-31)40-46-20-7-21-47-40)10-9-29(3)37(52)25-51-22-19-43(6-2,26-51)41(53)48-34-16-17-36-35(23-34)39(50-49-36)33-15-18-38(44)42(4,24-33)27-54-28-45/h2,7-8,11-18,20-21,23-24,29,38H,5,9-10,19,22,25-28H2,1,3-4H3,(H,48,53)(H,49,50)/b30-8+. The molecule has 0 bridgehead atoms. The number of hydrogen-bond donors (Lipinski definition) is 2. The van der Waals surface area contributed by atoms with Gasteiger partial charge in [0.15, 0.2) is 5.82 Å². The number of aromatic amines is 1. The van der Waals surface area contributed by atoms with Crippen molar-refractivity contribution in [3.05, 3.63) is 96.5 Å². The number of nitrogens with zero attached hydrogens (tertiary/aromatic N) is 4. The Morgan fingerprint density at radius 2 is 2.00 bits per heavy atom. The number of carbonyl (C=O) groups is 2. The molecule has 3 heterocycles. The minimum absolute atomic E-state index is 0.135. The van der Waals surface area contributed by atoms with Gasteiger partial charge < -0.3 is 10.1 Å². The molecule has 4 atom stereocenters. The fraction of sp³-hybridized carbons (Fsp3) is 0.372. The lowest BCUT2D eigenvalue weighted by Gasteiger charge is -2.31. The minimum Gasteiger partial charge on any atom is -0.370 e. The van der Waals surface area contributed by atoms with Gasteiger partial charge in [-0.15, -0.1) is 6.42 Å². The van der Waals surface area contributed by atoms with E-state index in [1.54, 1.807) is 30.6 Å². The number of alkyl halides is 2. The van der Waals surface area contributed by atoms with Crippen LogP contribution in [-0.4, -0.2) is 73.8 Å². The number of anilines is 1. The van der Waals surface area contributed by atoms with Crippen LogP contribution in [-0.2, 0) is 14.3 Å². The van der Waals surface area contributed by atoms with E-state index in [1.165, 1.54) is 11.6 Å². The van der Waals surface area contributed by atoms with Crippen LogP contribution in [0.25, 0.3) is 33.4 Å². The Morgan fingerprint density at radius 3 is 2.72 bits per heavy atom.